The van der Waals surface area contributed by atoms with Gasteiger partial charge in [-0.15, -0.1) is 5.10 Å². The first kappa shape index (κ1) is 12.8. The first-order chi connectivity index (χ1) is 9.25. The molecule has 1 aromatic heterocycles. The van der Waals surface area contributed by atoms with Gasteiger partial charge >= 0.3 is 0 Å². The molecule has 0 aliphatic heterocycles. The van der Waals surface area contributed by atoms with Crippen LogP contribution in [0.5, 0.6) is 0 Å². The third-order valence-corrected chi connectivity index (χ3v) is 5.01. The van der Waals surface area contributed by atoms with Crippen molar-refractivity contribution in [3.8, 4) is 0 Å². The molecule has 0 saturated heterocycles. The zero-order valence-corrected chi connectivity index (χ0v) is 12.0. The molecule has 1 aliphatic rings. The van der Waals surface area contributed by atoms with Crippen LogP contribution in [0.15, 0.2) is 24.3 Å². The lowest BCUT2D eigenvalue weighted by Gasteiger charge is -2.27. The second-order valence-corrected chi connectivity index (χ2v) is 6.14. The summed E-state index contributed by atoms with van der Waals surface area (Å²) >= 11 is 1.44. The summed E-state index contributed by atoms with van der Waals surface area (Å²) < 4.78 is 3.99. The SMILES string of the molecule is Cc1nnsc1C(N)CC1CCCc2ccccc21. The van der Waals surface area contributed by atoms with Crippen LogP contribution in [-0.2, 0) is 6.42 Å². The van der Waals surface area contributed by atoms with E-state index in [0.29, 0.717) is 5.92 Å². The number of hydrogen-bond acceptors (Lipinski definition) is 4. The Morgan fingerprint density at radius 2 is 2.26 bits per heavy atom. The van der Waals surface area contributed by atoms with Crippen LogP contribution in [0.25, 0.3) is 0 Å². The van der Waals surface area contributed by atoms with E-state index in [1.807, 2.05) is 6.92 Å². The molecular weight excluding hydrogens is 254 g/mol. The van der Waals surface area contributed by atoms with Crippen LogP contribution >= 0.6 is 11.5 Å². The third-order valence-electron chi connectivity index (χ3n) is 4.06. The molecule has 0 amide bonds. The highest BCUT2D eigenvalue weighted by molar-refractivity contribution is 7.05. The van der Waals surface area contributed by atoms with Crippen LogP contribution in [0.2, 0.25) is 0 Å². The van der Waals surface area contributed by atoms with Crippen molar-refractivity contribution < 1.29 is 0 Å². The fourth-order valence-electron chi connectivity index (χ4n) is 3.09. The van der Waals surface area contributed by atoms with E-state index in [1.54, 1.807) is 0 Å². The molecule has 3 nitrogen and oxygen atoms in total. The Hall–Kier alpha value is -1.26. The van der Waals surface area contributed by atoms with Gasteiger partial charge in [-0.1, -0.05) is 28.8 Å². The molecule has 2 aromatic rings. The number of aromatic nitrogens is 2. The number of hydrogen-bond donors (Lipinski definition) is 1. The van der Waals surface area contributed by atoms with Crippen molar-refractivity contribution in [2.45, 2.75) is 44.6 Å². The highest BCUT2D eigenvalue weighted by atomic mass is 32.1. The van der Waals surface area contributed by atoms with E-state index in [2.05, 4.69) is 33.9 Å². The molecule has 0 radical (unpaired) electrons. The first-order valence-electron chi connectivity index (χ1n) is 6.88. The van der Waals surface area contributed by atoms with Crippen molar-refractivity contribution in [1.29, 1.82) is 0 Å². The Bertz CT molecular complexity index is 564. The lowest BCUT2D eigenvalue weighted by molar-refractivity contribution is 0.478. The van der Waals surface area contributed by atoms with Gasteiger partial charge in [0, 0.05) is 6.04 Å². The predicted octanol–water partition coefficient (Wildman–Crippen LogP) is 3.36. The van der Waals surface area contributed by atoms with Crippen LogP contribution in [0, 0.1) is 6.92 Å². The maximum absolute atomic E-state index is 6.36. The number of benzene rings is 1. The molecule has 100 valence electrons. The summed E-state index contributed by atoms with van der Waals surface area (Å²) in [4.78, 5) is 1.14. The summed E-state index contributed by atoms with van der Waals surface area (Å²) in [5, 5.41) is 4.06. The molecular formula is C15H19N3S. The molecule has 0 bridgehead atoms. The van der Waals surface area contributed by atoms with Gasteiger partial charge in [0.25, 0.3) is 0 Å². The zero-order valence-electron chi connectivity index (χ0n) is 11.2. The smallest absolute Gasteiger partial charge is 0.0772 e. The number of fused-ring (bicyclic) bond motifs is 1. The van der Waals surface area contributed by atoms with E-state index in [1.165, 1.54) is 41.9 Å². The topological polar surface area (TPSA) is 51.8 Å². The average molecular weight is 273 g/mol. The lowest BCUT2D eigenvalue weighted by Crippen LogP contribution is -2.18. The molecule has 2 N–H and O–H groups in total. The number of rotatable bonds is 3. The molecule has 2 unspecified atom stereocenters. The molecule has 1 heterocycles. The number of nitrogens with zero attached hydrogens (tertiary/aromatic N) is 2. The summed E-state index contributed by atoms with van der Waals surface area (Å²) in [5.41, 5.74) is 10.4. The van der Waals surface area contributed by atoms with Gasteiger partial charge < -0.3 is 5.73 Å². The summed E-state index contributed by atoms with van der Waals surface area (Å²) in [6.45, 7) is 1.99. The molecule has 2 atom stereocenters. The molecule has 4 heteroatoms. The Labute approximate surface area is 118 Å². The number of aryl methyl sites for hydroxylation is 2. The van der Waals surface area contributed by atoms with E-state index < -0.39 is 0 Å². The second kappa shape index (κ2) is 5.39. The Kier molecular flexibility index (Phi) is 3.62. The van der Waals surface area contributed by atoms with Gasteiger partial charge in [-0.3, -0.25) is 0 Å². The van der Waals surface area contributed by atoms with Gasteiger partial charge in [0.2, 0.25) is 0 Å². The van der Waals surface area contributed by atoms with Gasteiger partial charge in [-0.25, -0.2) is 0 Å². The van der Waals surface area contributed by atoms with Crippen molar-refractivity contribution in [2.75, 3.05) is 0 Å². The molecule has 1 aliphatic carbocycles. The van der Waals surface area contributed by atoms with Crippen molar-refractivity contribution in [3.63, 3.8) is 0 Å². The predicted molar refractivity (Wildman–Crippen MR) is 78.3 cm³/mol. The lowest BCUT2D eigenvalue weighted by atomic mass is 9.79. The molecule has 1 aromatic carbocycles. The normalized spacial score (nSPS) is 20.0. The van der Waals surface area contributed by atoms with Crippen molar-refractivity contribution in [2.24, 2.45) is 5.73 Å². The van der Waals surface area contributed by atoms with E-state index >= 15 is 0 Å². The van der Waals surface area contributed by atoms with E-state index in [-0.39, 0.29) is 6.04 Å². The molecule has 19 heavy (non-hydrogen) atoms. The van der Waals surface area contributed by atoms with Crippen LogP contribution in [-0.4, -0.2) is 9.59 Å². The fraction of sp³-hybridized carbons (Fsp3) is 0.467. The van der Waals surface area contributed by atoms with Gasteiger partial charge in [0.1, 0.15) is 0 Å². The minimum Gasteiger partial charge on any atom is -0.323 e. The van der Waals surface area contributed by atoms with Crippen LogP contribution < -0.4 is 5.73 Å². The second-order valence-electron chi connectivity index (χ2n) is 5.35. The molecule has 0 saturated carbocycles. The summed E-state index contributed by atoms with van der Waals surface area (Å²) in [5.74, 6) is 0.585. The monoisotopic (exact) mass is 273 g/mol. The summed E-state index contributed by atoms with van der Waals surface area (Å²) in [6.07, 6.45) is 4.73. The van der Waals surface area contributed by atoms with Crippen LogP contribution in [0.4, 0.5) is 0 Å². The van der Waals surface area contributed by atoms with Gasteiger partial charge in [0.05, 0.1) is 10.6 Å². The molecule has 3 rings (SSSR count). The maximum atomic E-state index is 6.36. The van der Waals surface area contributed by atoms with E-state index in [0.717, 1.165) is 17.0 Å². The average Bonchev–Trinajstić information content (AvgIpc) is 2.85. The Morgan fingerprint density at radius 3 is 3.05 bits per heavy atom. The maximum Gasteiger partial charge on any atom is 0.0772 e. The van der Waals surface area contributed by atoms with E-state index in [4.69, 9.17) is 5.73 Å². The van der Waals surface area contributed by atoms with Crippen LogP contribution in [0.3, 0.4) is 0 Å². The number of nitrogens with two attached hydrogens (primary N) is 1. The Morgan fingerprint density at radius 1 is 1.42 bits per heavy atom. The fourth-order valence-corrected chi connectivity index (χ4v) is 3.75. The summed E-state index contributed by atoms with van der Waals surface area (Å²) in [7, 11) is 0. The molecule has 0 fully saturated rings. The largest absolute Gasteiger partial charge is 0.323 e. The highest BCUT2D eigenvalue weighted by Crippen LogP contribution is 2.37. The Balaban J connectivity index is 1.80. The third kappa shape index (κ3) is 2.55. The van der Waals surface area contributed by atoms with Crippen molar-refractivity contribution in [3.05, 3.63) is 46.0 Å². The van der Waals surface area contributed by atoms with Crippen molar-refractivity contribution in [1.82, 2.24) is 9.59 Å². The highest BCUT2D eigenvalue weighted by Gasteiger charge is 2.24. The quantitative estimate of drug-likeness (QED) is 0.933. The minimum atomic E-state index is 0.0659. The molecule has 0 spiro atoms. The van der Waals surface area contributed by atoms with Gasteiger partial charge in [0.15, 0.2) is 0 Å². The van der Waals surface area contributed by atoms with Gasteiger partial charge in [-0.05, 0) is 61.2 Å². The summed E-state index contributed by atoms with van der Waals surface area (Å²) in [6, 6.07) is 8.87. The van der Waals surface area contributed by atoms with Crippen molar-refractivity contribution >= 4 is 11.5 Å². The van der Waals surface area contributed by atoms with Gasteiger partial charge in [-0.2, -0.15) is 0 Å². The van der Waals surface area contributed by atoms with E-state index in [9.17, 15) is 0 Å². The van der Waals surface area contributed by atoms with Crippen LogP contribution in [0.1, 0.15) is 52.9 Å². The minimum absolute atomic E-state index is 0.0659. The standard InChI is InChI=1S/C15H19N3S/c1-10-15(19-18-17-10)14(16)9-12-7-4-6-11-5-2-3-8-13(11)12/h2-3,5,8,12,14H,4,6-7,9,16H2,1H3. The first-order valence-corrected chi connectivity index (χ1v) is 7.65. The zero-order chi connectivity index (χ0) is 13.2.